The Kier molecular flexibility index (Phi) is 3.05. The van der Waals surface area contributed by atoms with E-state index in [-0.39, 0.29) is 0 Å². The Labute approximate surface area is 98.3 Å². The van der Waals surface area contributed by atoms with Crippen LogP contribution in [0.4, 0.5) is 5.82 Å². The molecule has 0 unspecified atom stereocenters. The Morgan fingerprint density at radius 1 is 1.38 bits per heavy atom. The van der Waals surface area contributed by atoms with E-state index in [9.17, 15) is 0 Å². The van der Waals surface area contributed by atoms with Crippen molar-refractivity contribution < 1.29 is 0 Å². The summed E-state index contributed by atoms with van der Waals surface area (Å²) >= 11 is 5.74. The van der Waals surface area contributed by atoms with Crippen LogP contribution in [0.1, 0.15) is 17.0 Å². The van der Waals surface area contributed by atoms with Crippen molar-refractivity contribution in [2.45, 2.75) is 20.4 Å². The SMILES string of the molecule is Cc1n[nH]c(C)c1CNc1cncc(Cl)n1. The Morgan fingerprint density at radius 2 is 2.19 bits per heavy atom. The van der Waals surface area contributed by atoms with Gasteiger partial charge < -0.3 is 5.32 Å². The molecule has 0 aliphatic heterocycles. The lowest BCUT2D eigenvalue weighted by molar-refractivity contribution is 1.02. The lowest BCUT2D eigenvalue weighted by Crippen LogP contribution is -2.03. The van der Waals surface area contributed by atoms with Gasteiger partial charge in [0.15, 0.2) is 0 Å². The molecule has 2 aromatic heterocycles. The average molecular weight is 238 g/mol. The first-order valence-electron chi connectivity index (χ1n) is 4.88. The van der Waals surface area contributed by atoms with Crippen molar-refractivity contribution in [3.05, 3.63) is 34.5 Å². The summed E-state index contributed by atoms with van der Waals surface area (Å²) in [5.74, 6) is 0.660. The zero-order valence-corrected chi connectivity index (χ0v) is 9.84. The number of nitrogens with zero attached hydrogens (tertiary/aromatic N) is 3. The number of halogens is 1. The summed E-state index contributed by atoms with van der Waals surface area (Å²) in [7, 11) is 0. The smallest absolute Gasteiger partial charge is 0.149 e. The molecule has 6 heteroatoms. The molecular weight excluding hydrogens is 226 g/mol. The van der Waals surface area contributed by atoms with Gasteiger partial charge in [0, 0.05) is 17.8 Å². The Hall–Kier alpha value is -1.62. The van der Waals surface area contributed by atoms with Crippen molar-refractivity contribution in [1.82, 2.24) is 20.2 Å². The highest BCUT2D eigenvalue weighted by molar-refractivity contribution is 6.29. The van der Waals surface area contributed by atoms with Gasteiger partial charge in [-0.2, -0.15) is 5.10 Å². The molecule has 2 aromatic rings. The van der Waals surface area contributed by atoms with Crippen LogP contribution in [-0.4, -0.2) is 20.2 Å². The fourth-order valence-corrected chi connectivity index (χ4v) is 1.59. The normalized spacial score (nSPS) is 10.4. The number of rotatable bonds is 3. The predicted octanol–water partition coefficient (Wildman–Crippen LogP) is 2.08. The molecule has 2 N–H and O–H groups in total. The molecule has 0 aliphatic carbocycles. The van der Waals surface area contributed by atoms with Gasteiger partial charge in [0.25, 0.3) is 0 Å². The van der Waals surface area contributed by atoms with Crippen molar-refractivity contribution in [3.63, 3.8) is 0 Å². The van der Waals surface area contributed by atoms with E-state index in [1.165, 1.54) is 6.20 Å². The van der Waals surface area contributed by atoms with Gasteiger partial charge >= 0.3 is 0 Å². The number of nitrogens with one attached hydrogen (secondary N) is 2. The first-order chi connectivity index (χ1) is 7.66. The molecule has 0 fully saturated rings. The molecular formula is C10H12ClN5. The van der Waals surface area contributed by atoms with Crippen LogP contribution in [0.15, 0.2) is 12.4 Å². The zero-order valence-electron chi connectivity index (χ0n) is 9.08. The number of H-pyrrole nitrogens is 1. The maximum absolute atomic E-state index is 5.74. The lowest BCUT2D eigenvalue weighted by Gasteiger charge is -2.05. The summed E-state index contributed by atoms with van der Waals surface area (Å²) < 4.78 is 0. The third kappa shape index (κ3) is 2.30. The highest BCUT2D eigenvalue weighted by atomic mass is 35.5. The highest BCUT2D eigenvalue weighted by Gasteiger charge is 2.06. The molecule has 0 amide bonds. The molecule has 0 spiro atoms. The van der Waals surface area contributed by atoms with Crippen molar-refractivity contribution in [2.75, 3.05) is 5.32 Å². The van der Waals surface area contributed by atoms with E-state index < -0.39 is 0 Å². The van der Waals surface area contributed by atoms with Crippen LogP contribution in [0, 0.1) is 13.8 Å². The van der Waals surface area contributed by atoms with Crippen LogP contribution >= 0.6 is 11.6 Å². The second-order valence-electron chi connectivity index (χ2n) is 3.49. The molecule has 0 saturated carbocycles. The van der Waals surface area contributed by atoms with Crippen molar-refractivity contribution >= 4 is 17.4 Å². The summed E-state index contributed by atoms with van der Waals surface area (Å²) in [6.45, 7) is 4.61. The fraction of sp³-hybridized carbons (Fsp3) is 0.300. The third-order valence-electron chi connectivity index (χ3n) is 2.33. The maximum Gasteiger partial charge on any atom is 0.149 e. The zero-order chi connectivity index (χ0) is 11.5. The van der Waals surface area contributed by atoms with E-state index in [4.69, 9.17) is 11.6 Å². The topological polar surface area (TPSA) is 66.5 Å². The van der Waals surface area contributed by atoms with Crippen LogP contribution in [0.25, 0.3) is 0 Å². The largest absolute Gasteiger partial charge is 0.365 e. The Morgan fingerprint density at radius 3 is 2.81 bits per heavy atom. The standard InChI is InChI=1S/C10H12ClN5/c1-6-8(7(2)16-15-6)3-13-10-5-12-4-9(11)14-10/h4-5H,3H2,1-2H3,(H,13,14)(H,15,16). The molecule has 16 heavy (non-hydrogen) atoms. The quantitative estimate of drug-likeness (QED) is 0.858. The summed E-state index contributed by atoms with van der Waals surface area (Å²) in [5, 5.41) is 10.6. The van der Waals surface area contributed by atoms with Gasteiger partial charge in [-0.3, -0.25) is 10.1 Å². The molecule has 0 atom stereocenters. The molecule has 0 bridgehead atoms. The fourth-order valence-electron chi connectivity index (χ4n) is 1.44. The number of anilines is 1. The van der Waals surface area contributed by atoms with E-state index in [0.717, 1.165) is 17.0 Å². The van der Waals surface area contributed by atoms with Gasteiger partial charge in [0.05, 0.1) is 18.1 Å². The monoisotopic (exact) mass is 237 g/mol. The van der Waals surface area contributed by atoms with Crippen LogP contribution in [0.3, 0.4) is 0 Å². The van der Waals surface area contributed by atoms with E-state index in [1.807, 2.05) is 13.8 Å². The van der Waals surface area contributed by atoms with E-state index >= 15 is 0 Å². The molecule has 0 aliphatic rings. The van der Waals surface area contributed by atoms with Crippen LogP contribution < -0.4 is 5.32 Å². The number of aromatic amines is 1. The van der Waals surface area contributed by atoms with Crippen LogP contribution in [-0.2, 0) is 6.54 Å². The minimum Gasteiger partial charge on any atom is -0.365 e. The van der Waals surface area contributed by atoms with Gasteiger partial charge in [-0.25, -0.2) is 4.98 Å². The number of hydrogen-bond acceptors (Lipinski definition) is 4. The van der Waals surface area contributed by atoms with Gasteiger partial charge in [0.1, 0.15) is 11.0 Å². The molecule has 5 nitrogen and oxygen atoms in total. The minimum atomic E-state index is 0.380. The molecule has 2 rings (SSSR count). The molecule has 2 heterocycles. The number of aromatic nitrogens is 4. The average Bonchev–Trinajstić information content (AvgIpc) is 2.56. The molecule has 0 aromatic carbocycles. The van der Waals surface area contributed by atoms with Crippen molar-refractivity contribution in [3.8, 4) is 0 Å². The van der Waals surface area contributed by atoms with Gasteiger partial charge in [-0.15, -0.1) is 0 Å². The summed E-state index contributed by atoms with van der Waals surface area (Å²) in [5.41, 5.74) is 3.18. The second-order valence-corrected chi connectivity index (χ2v) is 3.88. The van der Waals surface area contributed by atoms with Crippen LogP contribution in [0.2, 0.25) is 5.15 Å². The summed E-state index contributed by atoms with van der Waals surface area (Å²) in [6.07, 6.45) is 3.14. The molecule has 0 saturated heterocycles. The predicted molar refractivity (Wildman–Crippen MR) is 62.4 cm³/mol. The highest BCUT2D eigenvalue weighted by Crippen LogP contribution is 2.12. The first-order valence-corrected chi connectivity index (χ1v) is 5.26. The van der Waals surface area contributed by atoms with E-state index in [2.05, 4.69) is 25.5 Å². The number of hydrogen-bond donors (Lipinski definition) is 2. The minimum absolute atomic E-state index is 0.380. The first kappa shape index (κ1) is 10.9. The van der Waals surface area contributed by atoms with Crippen LogP contribution in [0.5, 0.6) is 0 Å². The van der Waals surface area contributed by atoms with Crippen molar-refractivity contribution in [1.29, 1.82) is 0 Å². The van der Waals surface area contributed by atoms with Gasteiger partial charge in [0.2, 0.25) is 0 Å². The molecule has 84 valence electrons. The van der Waals surface area contributed by atoms with Gasteiger partial charge in [-0.05, 0) is 13.8 Å². The lowest BCUT2D eigenvalue weighted by atomic mass is 10.2. The summed E-state index contributed by atoms with van der Waals surface area (Å²) in [4.78, 5) is 8.04. The third-order valence-corrected chi connectivity index (χ3v) is 2.51. The number of aryl methyl sites for hydroxylation is 2. The van der Waals surface area contributed by atoms with Gasteiger partial charge in [-0.1, -0.05) is 11.6 Å². The summed E-state index contributed by atoms with van der Waals surface area (Å²) in [6, 6.07) is 0. The Balaban J connectivity index is 2.08. The maximum atomic E-state index is 5.74. The van der Waals surface area contributed by atoms with E-state index in [0.29, 0.717) is 17.5 Å². The van der Waals surface area contributed by atoms with E-state index in [1.54, 1.807) is 6.20 Å². The second kappa shape index (κ2) is 4.49. The molecule has 0 radical (unpaired) electrons. The Bertz CT molecular complexity index is 474. The van der Waals surface area contributed by atoms with Crippen molar-refractivity contribution in [2.24, 2.45) is 0 Å².